The monoisotopic (exact) mass is 583 g/mol. The molecule has 1 N–H and O–H groups in total. The summed E-state index contributed by atoms with van der Waals surface area (Å²) in [5.41, 5.74) is -1.49. The zero-order valence-electron chi connectivity index (χ0n) is 22.6. The van der Waals surface area contributed by atoms with Crippen molar-refractivity contribution < 1.29 is 35.9 Å². The van der Waals surface area contributed by atoms with Gasteiger partial charge in [0.15, 0.2) is 5.82 Å². The van der Waals surface area contributed by atoms with E-state index in [1.165, 1.54) is 12.1 Å². The molecule has 1 aliphatic heterocycles. The first-order valence-electron chi connectivity index (χ1n) is 13.3. The number of aromatic nitrogens is 2. The van der Waals surface area contributed by atoms with Gasteiger partial charge in [-0.05, 0) is 43.3 Å². The number of hydrogen-bond donors (Lipinski definition) is 1. The Bertz CT molecular complexity index is 1290. The highest BCUT2D eigenvalue weighted by molar-refractivity contribution is 5.60. The number of hydrogen-bond acceptors (Lipinski definition) is 7. The quantitative estimate of drug-likeness (QED) is 0.188. The van der Waals surface area contributed by atoms with Crippen molar-refractivity contribution in [2.45, 2.75) is 45.1 Å². The summed E-state index contributed by atoms with van der Waals surface area (Å²) in [5.74, 6) is -1.20. The third-order valence-electron chi connectivity index (χ3n) is 6.68. The molecule has 13 heteroatoms. The molecule has 0 spiro atoms. The zero-order chi connectivity index (χ0) is 29.6. The Morgan fingerprint density at radius 3 is 2.37 bits per heavy atom. The van der Waals surface area contributed by atoms with Crippen molar-refractivity contribution in [1.82, 2.24) is 14.9 Å². The fourth-order valence-electron chi connectivity index (χ4n) is 4.55. The number of ether oxygens (including phenoxy) is 1. The van der Waals surface area contributed by atoms with Gasteiger partial charge in [-0.15, -0.1) is 0 Å². The molecule has 2 heterocycles. The van der Waals surface area contributed by atoms with Crippen molar-refractivity contribution in [3.8, 4) is 5.75 Å². The third-order valence-corrected chi connectivity index (χ3v) is 6.68. The van der Waals surface area contributed by atoms with Crippen LogP contribution in [-0.4, -0.2) is 47.7 Å². The van der Waals surface area contributed by atoms with Gasteiger partial charge in [-0.25, -0.2) is 10.0 Å². The Labute approximate surface area is 234 Å². The van der Waals surface area contributed by atoms with Crippen molar-refractivity contribution in [2.75, 3.05) is 43.2 Å². The fraction of sp³-hybridized carbons (Fsp3) is 0.429. The average Bonchev–Trinajstić information content (AvgIpc) is 3.43. The van der Waals surface area contributed by atoms with Crippen LogP contribution in [0.5, 0.6) is 5.75 Å². The molecule has 1 saturated heterocycles. The number of benzene rings is 2. The van der Waals surface area contributed by atoms with E-state index in [0.717, 1.165) is 29.8 Å². The predicted molar refractivity (Wildman–Crippen MR) is 142 cm³/mol. The number of alkyl halides is 6. The second-order valence-corrected chi connectivity index (χ2v) is 9.37. The lowest BCUT2D eigenvalue weighted by atomic mass is 10.0. The maximum Gasteiger partial charge on any atom is 0.421 e. The van der Waals surface area contributed by atoms with Gasteiger partial charge in [0.1, 0.15) is 11.3 Å². The van der Waals surface area contributed by atoms with E-state index in [1.54, 1.807) is 30.3 Å². The molecular weight excluding hydrogens is 552 g/mol. The topological polar surface area (TPSA) is 62.8 Å². The Morgan fingerprint density at radius 2 is 1.71 bits per heavy atom. The van der Waals surface area contributed by atoms with Crippen LogP contribution >= 0.6 is 0 Å². The molecular formula is C28H31F6N5O2. The fourth-order valence-corrected chi connectivity index (χ4v) is 4.55. The lowest BCUT2D eigenvalue weighted by Crippen LogP contribution is -2.26. The molecule has 0 radical (unpaired) electrons. The molecule has 1 fully saturated rings. The summed E-state index contributed by atoms with van der Waals surface area (Å²) < 4.78 is 88.8. The molecule has 2 aromatic carbocycles. The molecule has 1 aromatic heterocycles. The van der Waals surface area contributed by atoms with Crippen molar-refractivity contribution in [3.63, 3.8) is 0 Å². The SMILES string of the molecule is CCN(CC)CCCOc1ccc(Nc2ncc(C(F)(F)F)c(N3OCCC3c3ccccc3)n2)cc1C(F)(F)F. The minimum absolute atomic E-state index is 0.0690. The van der Waals surface area contributed by atoms with Crippen LogP contribution in [0, 0.1) is 0 Å². The van der Waals surface area contributed by atoms with Crippen molar-refractivity contribution >= 4 is 17.5 Å². The van der Waals surface area contributed by atoms with Crippen LogP contribution in [0.1, 0.15) is 49.4 Å². The third kappa shape index (κ3) is 7.59. The molecule has 1 aliphatic rings. The maximum absolute atomic E-state index is 13.9. The molecule has 222 valence electrons. The summed E-state index contributed by atoms with van der Waals surface area (Å²) in [5, 5.41) is 3.69. The van der Waals surface area contributed by atoms with Gasteiger partial charge < -0.3 is 15.0 Å². The predicted octanol–water partition coefficient (Wildman–Crippen LogP) is 7.25. The lowest BCUT2D eigenvalue weighted by molar-refractivity contribution is -0.139. The van der Waals surface area contributed by atoms with E-state index < -0.39 is 35.3 Å². The summed E-state index contributed by atoms with van der Waals surface area (Å²) in [4.78, 5) is 15.5. The smallest absolute Gasteiger partial charge is 0.421 e. The lowest BCUT2D eigenvalue weighted by Gasteiger charge is -2.26. The first kappa shape index (κ1) is 30.4. The highest BCUT2D eigenvalue weighted by Gasteiger charge is 2.41. The first-order valence-corrected chi connectivity index (χ1v) is 13.3. The van der Waals surface area contributed by atoms with Gasteiger partial charge in [0.2, 0.25) is 5.95 Å². The van der Waals surface area contributed by atoms with Crippen LogP contribution in [-0.2, 0) is 17.2 Å². The normalized spacial score (nSPS) is 15.9. The highest BCUT2D eigenvalue weighted by atomic mass is 19.4. The Hall–Kier alpha value is -3.58. The molecule has 0 amide bonds. The number of nitrogens with one attached hydrogen (secondary N) is 1. The van der Waals surface area contributed by atoms with E-state index >= 15 is 0 Å². The van der Waals surface area contributed by atoms with Crippen molar-refractivity contribution in [2.24, 2.45) is 0 Å². The zero-order valence-corrected chi connectivity index (χ0v) is 22.6. The summed E-state index contributed by atoms with van der Waals surface area (Å²) in [6.07, 6.45) is -7.98. The summed E-state index contributed by atoms with van der Waals surface area (Å²) in [6.45, 7) is 6.60. The summed E-state index contributed by atoms with van der Waals surface area (Å²) in [7, 11) is 0. The standard InChI is InChI=1S/C28H31F6N5O2/c1-3-38(4-2)14-8-15-40-24-12-11-20(17-21(24)27(29,30)31)36-26-35-18-22(28(32,33)34)25(37-26)39-23(13-16-41-39)19-9-6-5-7-10-19/h5-7,9-12,17-18,23H,3-4,8,13-16H2,1-2H3,(H,35,36,37). The molecule has 0 saturated carbocycles. The second-order valence-electron chi connectivity index (χ2n) is 9.37. The number of halogens is 6. The van der Waals surface area contributed by atoms with Gasteiger partial charge in [-0.1, -0.05) is 44.2 Å². The summed E-state index contributed by atoms with van der Waals surface area (Å²) >= 11 is 0. The van der Waals surface area contributed by atoms with Gasteiger partial charge in [0, 0.05) is 24.8 Å². The molecule has 0 aliphatic carbocycles. The average molecular weight is 584 g/mol. The Balaban J connectivity index is 1.59. The molecule has 0 bridgehead atoms. The van der Waals surface area contributed by atoms with Gasteiger partial charge in [0.25, 0.3) is 0 Å². The molecule has 7 nitrogen and oxygen atoms in total. The number of rotatable bonds is 11. The Morgan fingerprint density at radius 1 is 1.00 bits per heavy atom. The molecule has 4 rings (SSSR count). The van der Waals surface area contributed by atoms with E-state index in [9.17, 15) is 26.3 Å². The molecule has 1 atom stereocenters. The maximum atomic E-state index is 13.9. The van der Waals surface area contributed by atoms with Crippen LogP contribution < -0.4 is 15.1 Å². The van der Waals surface area contributed by atoms with Crippen LogP contribution in [0.3, 0.4) is 0 Å². The van der Waals surface area contributed by atoms with E-state index in [-0.39, 0.29) is 30.6 Å². The van der Waals surface area contributed by atoms with Crippen molar-refractivity contribution in [3.05, 3.63) is 71.4 Å². The van der Waals surface area contributed by atoms with E-state index in [2.05, 4.69) is 20.2 Å². The number of hydroxylamine groups is 1. The summed E-state index contributed by atoms with van der Waals surface area (Å²) in [6, 6.07) is 11.6. The minimum atomic E-state index is -4.80. The van der Waals surface area contributed by atoms with Gasteiger partial charge in [0.05, 0.1) is 24.8 Å². The van der Waals surface area contributed by atoms with Crippen LogP contribution in [0.15, 0.2) is 54.7 Å². The van der Waals surface area contributed by atoms with E-state index in [4.69, 9.17) is 9.57 Å². The van der Waals surface area contributed by atoms with Crippen LogP contribution in [0.2, 0.25) is 0 Å². The van der Waals surface area contributed by atoms with Crippen molar-refractivity contribution in [1.29, 1.82) is 0 Å². The molecule has 3 aromatic rings. The van der Waals surface area contributed by atoms with E-state index in [0.29, 0.717) is 25.6 Å². The minimum Gasteiger partial charge on any atom is -0.493 e. The first-order chi connectivity index (χ1) is 19.5. The van der Waals surface area contributed by atoms with Gasteiger partial charge in [-0.2, -0.15) is 31.3 Å². The van der Waals surface area contributed by atoms with Crippen LogP contribution in [0.4, 0.5) is 43.8 Å². The second kappa shape index (κ2) is 12.9. The largest absolute Gasteiger partial charge is 0.493 e. The molecule has 1 unspecified atom stereocenters. The number of anilines is 3. The number of nitrogens with zero attached hydrogens (tertiary/aromatic N) is 4. The highest BCUT2D eigenvalue weighted by Crippen LogP contribution is 2.42. The molecule has 41 heavy (non-hydrogen) atoms. The van der Waals surface area contributed by atoms with Gasteiger partial charge in [-0.3, -0.25) is 4.84 Å². The van der Waals surface area contributed by atoms with E-state index in [1.807, 2.05) is 13.8 Å². The van der Waals surface area contributed by atoms with Crippen LogP contribution in [0.25, 0.3) is 0 Å². The van der Waals surface area contributed by atoms with Gasteiger partial charge >= 0.3 is 12.4 Å². The Kier molecular flexibility index (Phi) is 9.59.